The van der Waals surface area contributed by atoms with Gasteiger partial charge in [0.15, 0.2) is 0 Å². The number of hydrogen-bond acceptors (Lipinski definition) is 6. The highest BCUT2D eigenvalue weighted by Crippen LogP contribution is 2.34. The van der Waals surface area contributed by atoms with Gasteiger partial charge in [-0.2, -0.15) is 0 Å². The van der Waals surface area contributed by atoms with E-state index in [0.29, 0.717) is 25.2 Å². The van der Waals surface area contributed by atoms with Gasteiger partial charge < -0.3 is 25.8 Å². The summed E-state index contributed by atoms with van der Waals surface area (Å²) >= 11 is 0. The molecule has 42 heavy (non-hydrogen) atoms. The van der Waals surface area contributed by atoms with Crippen molar-refractivity contribution in [3.63, 3.8) is 0 Å². The third-order valence-electron chi connectivity index (χ3n) is 8.54. The maximum Gasteiger partial charge on any atom is 0.255 e. The molecule has 1 saturated carbocycles. The summed E-state index contributed by atoms with van der Waals surface area (Å²) in [5.41, 5.74) is 11.5. The molecule has 2 aliphatic rings. The monoisotopic (exact) mass is 568 g/mol. The minimum absolute atomic E-state index is 0.0498. The van der Waals surface area contributed by atoms with Crippen LogP contribution in [0.15, 0.2) is 67.0 Å². The third kappa shape index (κ3) is 7.55. The first kappa shape index (κ1) is 29.7. The molecule has 1 aliphatic carbocycles. The van der Waals surface area contributed by atoms with Crippen molar-refractivity contribution in [2.75, 3.05) is 56.5 Å². The summed E-state index contributed by atoms with van der Waals surface area (Å²) in [6.07, 6.45) is 9.42. The van der Waals surface area contributed by atoms with E-state index in [4.69, 9.17) is 5.73 Å². The fraction of sp³-hybridized carbons (Fsp3) is 0.441. The Labute approximate surface area is 249 Å². The summed E-state index contributed by atoms with van der Waals surface area (Å²) in [5.74, 6) is 0.176. The number of nitrogens with two attached hydrogens (primary N) is 1. The zero-order valence-electron chi connectivity index (χ0n) is 24.8. The molecular weight excluding hydrogens is 524 g/mol. The molecule has 0 atom stereocenters. The van der Waals surface area contributed by atoms with Crippen molar-refractivity contribution in [1.29, 1.82) is 0 Å². The van der Waals surface area contributed by atoms with E-state index >= 15 is 0 Å². The van der Waals surface area contributed by atoms with Crippen LogP contribution in [0.3, 0.4) is 0 Å². The minimum atomic E-state index is -0.0498. The molecule has 0 bridgehead atoms. The lowest BCUT2D eigenvalue weighted by atomic mass is 9.88. The molecule has 0 unspecified atom stereocenters. The summed E-state index contributed by atoms with van der Waals surface area (Å²) in [6, 6.07) is 18.3. The Morgan fingerprint density at radius 3 is 2.50 bits per heavy atom. The second-order valence-electron chi connectivity index (χ2n) is 11.7. The molecule has 3 N–H and O–H groups in total. The number of carbonyl (C=O) groups excluding carboxylic acids is 2. The van der Waals surface area contributed by atoms with Crippen LogP contribution in [-0.2, 0) is 11.3 Å². The lowest BCUT2D eigenvalue weighted by molar-refractivity contribution is -0.120. The van der Waals surface area contributed by atoms with Gasteiger partial charge in [-0.05, 0) is 79.9 Å². The Balaban J connectivity index is 1.40. The van der Waals surface area contributed by atoms with E-state index in [1.54, 1.807) is 24.5 Å². The molecule has 222 valence electrons. The molecule has 8 heteroatoms. The Morgan fingerprint density at radius 2 is 1.76 bits per heavy atom. The van der Waals surface area contributed by atoms with Gasteiger partial charge >= 0.3 is 0 Å². The van der Waals surface area contributed by atoms with E-state index in [0.717, 1.165) is 86.3 Å². The number of anilines is 2. The number of amides is 2. The lowest BCUT2D eigenvalue weighted by Gasteiger charge is -2.35. The van der Waals surface area contributed by atoms with E-state index in [9.17, 15) is 9.59 Å². The van der Waals surface area contributed by atoms with Crippen LogP contribution >= 0.6 is 0 Å². The quantitative estimate of drug-likeness (QED) is 0.357. The van der Waals surface area contributed by atoms with Gasteiger partial charge in [-0.3, -0.25) is 14.6 Å². The standard InChI is InChI=1S/C34H44N6O2/c1-38-18-20-39(21-19-38)32-14-13-29(23-31(32)37-33(41)27-9-3-2-4-10-27)28-11-5-8-26(22-28)25-40(17-7-15-35)34(42)30-12-6-16-36-24-30/h5-6,8,11-14,16,22-24,27H,2-4,7,9-10,15,17-21,25,35H2,1H3,(H,37,41). The topological polar surface area (TPSA) is 94.8 Å². The first-order chi connectivity index (χ1) is 20.5. The Bertz CT molecular complexity index is 1330. The van der Waals surface area contributed by atoms with Gasteiger partial charge in [-0.15, -0.1) is 0 Å². The smallest absolute Gasteiger partial charge is 0.255 e. The molecule has 2 fully saturated rings. The highest BCUT2D eigenvalue weighted by molar-refractivity contribution is 5.97. The molecule has 0 radical (unpaired) electrons. The molecule has 2 heterocycles. The van der Waals surface area contributed by atoms with Crippen LogP contribution in [0, 0.1) is 5.92 Å². The Morgan fingerprint density at radius 1 is 0.976 bits per heavy atom. The summed E-state index contributed by atoms with van der Waals surface area (Å²) < 4.78 is 0. The molecule has 1 saturated heterocycles. The highest BCUT2D eigenvalue weighted by atomic mass is 16.2. The van der Waals surface area contributed by atoms with Gasteiger partial charge in [0, 0.05) is 57.6 Å². The zero-order valence-corrected chi connectivity index (χ0v) is 24.8. The summed E-state index contributed by atoms with van der Waals surface area (Å²) in [6.45, 7) is 5.43. The van der Waals surface area contributed by atoms with Crippen molar-refractivity contribution in [3.05, 3.63) is 78.1 Å². The summed E-state index contributed by atoms with van der Waals surface area (Å²) in [4.78, 5) is 37.3. The number of piperazine rings is 1. The van der Waals surface area contributed by atoms with Crippen molar-refractivity contribution < 1.29 is 9.59 Å². The van der Waals surface area contributed by atoms with E-state index in [-0.39, 0.29) is 17.7 Å². The largest absolute Gasteiger partial charge is 0.367 e. The van der Waals surface area contributed by atoms with Crippen LogP contribution in [0.2, 0.25) is 0 Å². The first-order valence-electron chi connectivity index (χ1n) is 15.4. The third-order valence-corrected chi connectivity index (χ3v) is 8.54. The average molecular weight is 569 g/mol. The van der Waals surface area contributed by atoms with Crippen molar-refractivity contribution >= 4 is 23.2 Å². The molecule has 1 aliphatic heterocycles. The minimum Gasteiger partial charge on any atom is -0.367 e. The molecule has 3 aromatic rings. The number of likely N-dealkylation sites (N-methyl/N-ethyl adjacent to an activating group) is 1. The van der Waals surface area contributed by atoms with Crippen molar-refractivity contribution in [3.8, 4) is 11.1 Å². The van der Waals surface area contributed by atoms with E-state index in [2.05, 4.69) is 63.5 Å². The zero-order chi connectivity index (χ0) is 29.3. The molecular formula is C34H44N6O2. The lowest BCUT2D eigenvalue weighted by Crippen LogP contribution is -2.44. The predicted molar refractivity (Wildman–Crippen MR) is 169 cm³/mol. The molecule has 1 aromatic heterocycles. The van der Waals surface area contributed by atoms with Gasteiger partial charge in [0.05, 0.1) is 16.9 Å². The van der Waals surface area contributed by atoms with Gasteiger partial charge in [0.1, 0.15) is 0 Å². The van der Waals surface area contributed by atoms with Gasteiger partial charge in [-0.1, -0.05) is 43.5 Å². The maximum atomic E-state index is 13.4. The second-order valence-corrected chi connectivity index (χ2v) is 11.7. The van der Waals surface area contributed by atoms with E-state index in [1.807, 2.05) is 11.0 Å². The SMILES string of the molecule is CN1CCN(c2ccc(-c3cccc(CN(CCCN)C(=O)c4cccnc4)c3)cc2NC(=O)C2CCCCC2)CC1. The second kappa shape index (κ2) is 14.4. The number of rotatable bonds is 10. The number of benzene rings is 2. The highest BCUT2D eigenvalue weighted by Gasteiger charge is 2.24. The molecule has 5 rings (SSSR count). The maximum absolute atomic E-state index is 13.4. The van der Waals surface area contributed by atoms with Crippen molar-refractivity contribution in [2.24, 2.45) is 11.7 Å². The number of hydrogen-bond donors (Lipinski definition) is 2. The van der Waals surface area contributed by atoms with E-state index in [1.165, 1.54) is 6.42 Å². The number of aromatic nitrogens is 1. The van der Waals surface area contributed by atoms with Crippen molar-refractivity contribution in [2.45, 2.75) is 45.1 Å². The van der Waals surface area contributed by atoms with E-state index < -0.39 is 0 Å². The number of carbonyl (C=O) groups is 2. The van der Waals surface area contributed by atoms with Gasteiger partial charge in [-0.25, -0.2) is 0 Å². The number of nitrogens with zero attached hydrogens (tertiary/aromatic N) is 4. The fourth-order valence-corrected chi connectivity index (χ4v) is 6.01. The Hall–Kier alpha value is -3.75. The molecule has 2 amide bonds. The summed E-state index contributed by atoms with van der Waals surface area (Å²) in [7, 11) is 2.15. The number of pyridine rings is 1. The normalized spacial score (nSPS) is 16.3. The van der Waals surface area contributed by atoms with Crippen LogP contribution in [0.5, 0.6) is 0 Å². The average Bonchev–Trinajstić information content (AvgIpc) is 3.04. The molecule has 0 spiro atoms. The van der Waals surface area contributed by atoms with Crippen LogP contribution in [-0.4, -0.2) is 72.9 Å². The molecule has 2 aromatic carbocycles. The van der Waals surface area contributed by atoms with Crippen LogP contribution in [0.4, 0.5) is 11.4 Å². The van der Waals surface area contributed by atoms with Crippen LogP contribution in [0.1, 0.15) is 54.4 Å². The van der Waals surface area contributed by atoms with Crippen LogP contribution in [0.25, 0.3) is 11.1 Å². The summed E-state index contributed by atoms with van der Waals surface area (Å²) in [5, 5.41) is 3.34. The van der Waals surface area contributed by atoms with Gasteiger partial charge in [0.25, 0.3) is 5.91 Å². The Kier molecular flexibility index (Phi) is 10.2. The first-order valence-corrected chi connectivity index (χ1v) is 15.4. The molecule has 8 nitrogen and oxygen atoms in total. The van der Waals surface area contributed by atoms with Crippen LogP contribution < -0.4 is 16.0 Å². The van der Waals surface area contributed by atoms with Crippen molar-refractivity contribution in [1.82, 2.24) is 14.8 Å². The predicted octanol–water partition coefficient (Wildman–Crippen LogP) is 5.01. The number of nitrogens with one attached hydrogen (secondary N) is 1. The van der Waals surface area contributed by atoms with Gasteiger partial charge in [0.2, 0.25) is 5.91 Å². The fourth-order valence-electron chi connectivity index (χ4n) is 6.01.